The molecule has 4 rings (SSSR count). The van der Waals surface area contributed by atoms with Crippen molar-refractivity contribution in [3.63, 3.8) is 0 Å². The van der Waals surface area contributed by atoms with Crippen LogP contribution in [0.4, 0.5) is 0 Å². The lowest BCUT2D eigenvalue weighted by Crippen LogP contribution is -2.39. The molecule has 0 radical (unpaired) electrons. The number of benzene rings is 2. The van der Waals surface area contributed by atoms with E-state index in [1.807, 2.05) is 24.3 Å². The normalized spacial score (nSPS) is 23.5. The van der Waals surface area contributed by atoms with Crippen molar-refractivity contribution in [3.05, 3.63) is 76.9 Å². The fourth-order valence-electron chi connectivity index (χ4n) is 3.45. The van der Waals surface area contributed by atoms with E-state index in [-0.39, 0.29) is 5.78 Å². The molecule has 0 unspecified atom stereocenters. The third kappa shape index (κ3) is 1.95. The van der Waals surface area contributed by atoms with Crippen LogP contribution in [0, 0.1) is 6.92 Å². The standard InChI is InChI=1S/C20H18O2/c1-14-7-9-15(10-8-14)18-13-20(11-4-12-22-20)19(21)17-6-3-2-5-16(17)18/h2-3,5-10,13H,4,11-12H2,1H3/t20-/m1/s1. The van der Waals surface area contributed by atoms with Gasteiger partial charge in [0.15, 0.2) is 5.78 Å². The number of ketones is 1. The molecule has 0 amide bonds. The van der Waals surface area contributed by atoms with Gasteiger partial charge in [-0.25, -0.2) is 0 Å². The van der Waals surface area contributed by atoms with Gasteiger partial charge in [-0.05, 0) is 42.5 Å². The van der Waals surface area contributed by atoms with Gasteiger partial charge < -0.3 is 4.74 Å². The zero-order chi connectivity index (χ0) is 15.2. The molecule has 1 saturated heterocycles. The molecule has 1 atom stereocenters. The monoisotopic (exact) mass is 290 g/mol. The molecule has 2 aromatic rings. The summed E-state index contributed by atoms with van der Waals surface area (Å²) in [7, 11) is 0. The van der Waals surface area contributed by atoms with E-state index in [0.29, 0.717) is 6.61 Å². The van der Waals surface area contributed by atoms with E-state index in [1.165, 1.54) is 5.56 Å². The van der Waals surface area contributed by atoms with Crippen molar-refractivity contribution in [2.75, 3.05) is 6.61 Å². The summed E-state index contributed by atoms with van der Waals surface area (Å²) in [5.74, 6) is 0.108. The molecule has 1 spiro atoms. The quantitative estimate of drug-likeness (QED) is 0.788. The molecule has 0 bridgehead atoms. The number of fused-ring (bicyclic) bond motifs is 1. The summed E-state index contributed by atoms with van der Waals surface area (Å²) in [5, 5.41) is 0. The van der Waals surface area contributed by atoms with E-state index in [9.17, 15) is 4.79 Å². The zero-order valence-electron chi connectivity index (χ0n) is 12.6. The Kier molecular flexibility index (Phi) is 3.02. The van der Waals surface area contributed by atoms with Crippen LogP contribution < -0.4 is 0 Å². The van der Waals surface area contributed by atoms with Gasteiger partial charge in [0.2, 0.25) is 0 Å². The number of ether oxygens (including phenoxy) is 1. The molecular weight excluding hydrogens is 272 g/mol. The van der Waals surface area contributed by atoms with Crippen LogP contribution in [0.3, 0.4) is 0 Å². The van der Waals surface area contributed by atoms with Crippen LogP contribution in [0.5, 0.6) is 0 Å². The summed E-state index contributed by atoms with van der Waals surface area (Å²) in [6.07, 6.45) is 3.76. The van der Waals surface area contributed by atoms with Crippen LogP contribution in [0.1, 0.15) is 39.9 Å². The topological polar surface area (TPSA) is 26.3 Å². The zero-order valence-corrected chi connectivity index (χ0v) is 12.6. The second-order valence-electron chi connectivity index (χ2n) is 6.14. The number of hydrogen-bond acceptors (Lipinski definition) is 2. The van der Waals surface area contributed by atoms with Gasteiger partial charge in [0.25, 0.3) is 0 Å². The molecule has 0 N–H and O–H groups in total. The molecule has 2 aliphatic rings. The first-order chi connectivity index (χ1) is 10.7. The molecular formula is C20H18O2. The van der Waals surface area contributed by atoms with Gasteiger partial charge in [-0.1, -0.05) is 54.1 Å². The molecule has 0 aromatic heterocycles. The Bertz CT molecular complexity index is 763. The largest absolute Gasteiger partial charge is 0.363 e. The second kappa shape index (κ2) is 4.92. The van der Waals surface area contributed by atoms with E-state index in [1.54, 1.807) is 0 Å². The third-order valence-electron chi connectivity index (χ3n) is 4.64. The van der Waals surface area contributed by atoms with E-state index < -0.39 is 5.60 Å². The first-order valence-corrected chi connectivity index (χ1v) is 7.78. The maximum absolute atomic E-state index is 12.9. The van der Waals surface area contributed by atoms with Gasteiger partial charge in [-0.3, -0.25) is 4.79 Å². The van der Waals surface area contributed by atoms with E-state index in [4.69, 9.17) is 4.74 Å². The van der Waals surface area contributed by atoms with Crippen molar-refractivity contribution < 1.29 is 9.53 Å². The maximum atomic E-state index is 12.9. The van der Waals surface area contributed by atoms with Crippen LogP contribution in [0.2, 0.25) is 0 Å². The summed E-state index contributed by atoms with van der Waals surface area (Å²) < 4.78 is 5.90. The Morgan fingerprint density at radius 2 is 1.73 bits per heavy atom. The Morgan fingerprint density at radius 3 is 2.41 bits per heavy atom. The van der Waals surface area contributed by atoms with Crippen LogP contribution in [-0.4, -0.2) is 18.0 Å². The average Bonchev–Trinajstić information content (AvgIpc) is 3.02. The SMILES string of the molecule is Cc1ccc(C2=C[C@]3(CCCO3)C(=O)c3ccccc32)cc1. The molecule has 0 saturated carbocycles. The Labute approximate surface area is 130 Å². The third-order valence-corrected chi connectivity index (χ3v) is 4.64. The highest BCUT2D eigenvalue weighted by atomic mass is 16.5. The van der Waals surface area contributed by atoms with Crippen LogP contribution in [0.15, 0.2) is 54.6 Å². The van der Waals surface area contributed by atoms with E-state index in [0.717, 1.165) is 35.1 Å². The minimum atomic E-state index is -0.755. The minimum absolute atomic E-state index is 0.108. The molecule has 2 aromatic carbocycles. The number of hydrogen-bond donors (Lipinski definition) is 0. The van der Waals surface area contributed by atoms with Crippen molar-refractivity contribution in [2.24, 2.45) is 0 Å². The predicted molar refractivity (Wildman–Crippen MR) is 86.9 cm³/mol. The number of carbonyl (C=O) groups is 1. The average molecular weight is 290 g/mol. The van der Waals surface area contributed by atoms with Crippen molar-refractivity contribution in [2.45, 2.75) is 25.4 Å². The molecule has 1 aliphatic heterocycles. The van der Waals surface area contributed by atoms with Crippen LogP contribution >= 0.6 is 0 Å². The van der Waals surface area contributed by atoms with E-state index >= 15 is 0 Å². The van der Waals surface area contributed by atoms with Crippen LogP contribution in [0.25, 0.3) is 5.57 Å². The molecule has 22 heavy (non-hydrogen) atoms. The second-order valence-corrected chi connectivity index (χ2v) is 6.14. The highest BCUT2D eigenvalue weighted by Gasteiger charge is 2.45. The predicted octanol–water partition coefficient (Wildman–Crippen LogP) is 4.17. The Hall–Kier alpha value is -2.19. The highest BCUT2D eigenvalue weighted by Crippen LogP contribution is 2.41. The first kappa shape index (κ1) is 13.5. The van der Waals surface area contributed by atoms with E-state index in [2.05, 4.69) is 37.3 Å². The Balaban J connectivity index is 1.94. The molecule has 2 nitrogen and oxygen atoms in total. The maximum Gasteiger partial charge on any atom is 0.199 e. The molecule has 1 heterocycles. The summed E-state index contributed by atoms with van der Waals surface area (Å²) in [6.45, 7) is 2.74. The fraction of sp³-hybridized carbons (Fsp3) is 0.250. The van der Waals surface area contributed by atoms with Gasteiger partial charge in [-0.15, -0.1) is 0 Å². The van der Waals surface area contributed by atoms with Crippen LogP contribution in [-0.2, 0) is 4.74 Å². The van der Waals surface area contributed by atoms with Crippen molar-refractivity contribution >= 4 is 11.4 Å². The number of aryl methyl sites for hydroxylation is 1. The van der Waals surface area contributed by atoms with Gasteiger partial charge in [-0.2, -0.15) is 0 Å². The molecule has 1 fully saturated rings. The lowest BCUT2D eigenvalue weighted by molar-refractivity contribution is 0.0351. The van der Waals surface area contributed by atoms with Gasteiger partial charge in [0, 0.05) is 12.2 Å². The highest BCUT2D eigenvalue weighted by molar-refractivity contribution is 6.12. The van der Waals surface area contributed by atoms with Crippen molar-refractivity contribution in [3.8, 4) is 0 Å². The molecule has 2 heteroatoms. The number of Topliss-reactive ketones (excluding diaryl/α,β-unsaturated/α-hetero) is 1. The first-order valence-electron chi connectivity index (χ1n) is 7.78. The Morgan fingerprint density at radius 1 is 1.00 bits per heavy atom. The van der Waals surface area contributed by atoms with Gasteiger partial charge >= 0.3 is 0 Å². The minimum Gasteiger partial charge on any atom is -0.363 e. The lowest BCUT2D eigenvalue weighted by atomic mass is 9.77. The lowest BCUT2D eigenvalue weighted by Gasteiger charge is -2.30. The number of rotatable bonds is 1. The van der Waals surface area contributed by atoms with Gasteiger partial charge in [0.1, 0.15) is 5.60 Å². The molecule has 110 valence electrons. The smallest absolute Gasteiger partial charge is 0.199 e. The summed E-state index contributed by atoms with van der Waals surface area (Å²) in [6, 6.07) is 16.3. The summed E-state index contributed by atoms with van der Waals surface area (Å²) >= 11 is 0. The molecule has 1 aliphatic carbocycles. The summed E-state index contributed by atoms with van der Waals surface area (Å²) in [5.41, 5.74) is 4.52. The van der Waals surface area contributed by atoms with Crippen molar-refractivity contribution in [1.29, 1.82) is 0 Å². The number of carbonyl (C=O) groups excluding carboxylic acids is 1. The summed E-state index contributed by atoms with van der Waals surface area (Å²) in [4.78, 5) is 12.9. The fourth-order valence-corrected chi connectivity index (χ4v) is 3.45. The van der Waals surface area contributed by atoms with Crippen molar-refractivity contribution in [1.82, 2.24) is 0 Å². The van der Waals surface area contributed by atoms with Gasteiger partial charge in [0.05, 0.1) is 0 Å².